The van der Waals surface area contributed by atoms with E-state index in [1.165, 1.54) is 12.1 Å². The summed E-state index contributed by atoms with van der Waals surface area (Å²) in [6, 6.07) is 1.74. The molecule has 2 N–H and O–H groups in total. The third-order valence-electron chi connectivity index (χ3n) is 5.47. The van der Waals surface area contributed by atoms with Crippen molar-refractivity contribution in [3.63, 3.8) is 0 Å². The first kappa shape index (κ1) is 19.5. The van der Waals surface area contributed by atoms with Crippen LogP contribution in [0.25, 0.3) is 11.0 Å². The molecule has 1 aromatic heterocycles. The topological polar surface area (TPSA) is 148 Å². The maximum Gasteiger partial charge on any atom is 0.339 e. The summed E-state index contributed by atoms with van der Waals surface area (Å²) in [5, 5.41) is 26.7. The molecule has 1 aromatic carbocycles. The van der Waals surface area contributed by atoms with E-state index in [4.69, 9.17) is 13.9 Å². The Bertz CT molecular complexity index is 1000. The van der Waals surface area contributed by atoms with Crippen LogP contribution >= 0.6 is 0 Å². The van der Waals surface area contributed by atoms with Gasteiger partial charge < -0.3 is 24.1 Å². The number of hydrogen-bond acceptors (Lipinski definition) is 10. The van der Waals surface area contributed by atoms with Gasteiger partial charge in [0.1, 0.15) is 24.3 Å². The van der Waals surface area contributed by atoms with Crippen LogP contribution in [0.2, 0.25) is 0 Å². The number of benzene rings is 1. The second kappa shape index (κ2) is 7.88. The lowest BCUT2D eigenvalue weighted by Gasteiger charge is -2.35. The fourth-order valence-corrected chi connectivity index (χ4v) is 4.05. The number of aliphatic hydroxyl groups excluding tert-OH is 1. The molecule has 1 fully saturated rings. The maximum absolute atomic E-state index is 12.3. The number of rotatable bonds is 5. The first-order chi connectivity index (χ1) is 14.0. The van der Waals surface area contributed by atoms with Gasteiger partial charge in [-0.2, -0.15) is 9.81 Å². The van der Waals surface area contributed by atoms with E-state index < -0.39 is 30.2 Å². The molecule has 0 radical (unpaired) electrons. The number of fused-ring (bicyclic) bond motifs is 3. The lowest BCUT2D eigenvalue weighted by molar-refractivity contribution is -0.180. The van der Waals surface area contributed by atoms with Crippen LogP contribution in [0.1, 0.15) is 30.4 Å². The van der Waals surface area contributed by atoms with Crippen molar-refractivity contribution in [2.24, 2.45) is 10.4 Å². The lowest BCUT2D eigenvalue weighted by Crippen LogP contribution is -2.50. The zero-order valence-electron chi connectivity index (χ0n) is 15.4. The number of nitroso groups, excluding NO2 is 2. The molecular weight excluding hydrogens is 384 g/mol. The zero-order valence-corrected chi connectivity index (χ0v) is 15.4. The van der Waals surface area contributed by atoms with Crippen LogP contribution in [-0.4, -0.2) is 41.3 Å². The summed E-state index contributed by atoms with van der Waals surface area (Å²) in [5.74, 6) is -0.193. The highest BCUT2D eigenvalue weighted by Crippen LogP contribution is 2.37. The average molecular weight is 404 g/mol. The van der Waals surface area contributed by atoms with Crippen molar-refractivity contribution in [1.82, 2.24) is 0 Å². The molecule has 4 atom stereocenters. The lowest BCUT2D eigenvalue weighted by atomic mass is 9.90. The molecular formula is C19H20N2O8. The predicted molar refractivity (Wildman–Crippen MR) is 101 cm³/mol. The average Bonchev–Trinajstić information content (AvgIpc) is 2.70. The summed E-state index contributed by atoms with van der Waals surface area (Å²) in [7, 11) is 0. The standard InChI is InChI=1S/C19H20N2O8/c22-12-5-11-9-3-1-2-4-10(9)19(24)29-14(11)7-15(12)27-17-6-13(23)18(21-26)16(28-17)8-20-25/h5,7,13,16-18,22-23H,1-4,6,8H2/t13-,16-,17-,18-/m1/s1. The van der Waals surface area contributed by atoms with Crippen LogP contribution in [0, 0.1) is 9.81 Å². The summed E-state index contributed by atoms with van der Waals surface area (Å²) in [5.41, 5.74) is 1.40. The van der Waals surface area contributed by atoms with Crippen LogP contribution in [-0.2, 0) is 17.6 Å². The Hall–Kier alpha value is -2.85. The van der Waals surface area contributed by atoms with Crippen molar-refractivity contribution in [1.29, 1.82) is 0 Å². The molecule has 1 aliphatic carbocycles. The minimum Gasteiger partial charge on any atom is -0.504 e. The van der Waals surface area contributed by atoms with E-state index in [9.17, 15) is 24.8 Å². The second-order valence-corrected chi connectivity index (χ2v) is 7.30. The third-order valence-corrected chi connectivity index (χ3v) is 5.47. The highest BCUT2D eigenvalue weighted by molar-refractivity contribution is 5.85. The first-order valence-electron chi connectivity index (χ1n) is 9.45. The van der Waals surface area contributed by atoms with E-state index in [0.29, 0.717) is 17.4 Å². The monoisotopic (exact) mass is 404 g/mol. The molecule has 29 heavy (non-hydrogen) atoms. The van der Waals surface area contributed by atoms with Gasteiger partial charge in [-0.25, -0.2) is 4.79 Å². The fraction of sp³-hybridized carbons (Fsp3) is 0.526. The zero-order chi connectivity index (χ0) is 20.5. The molecule has 2 heterocycles. The highest BCUT2D eigenvalue weighted by Gasteiger charge is 2.40. The smallest absolute Gasteiger partial charge is 0.339 e. The Morgan fingerprint density at radius 3 is 2.66 bits per heavy atom. The van der Waals surface area contributed by atoms with E-state index in [1.54, 1.807) is 0 Å². The van der Waals surface area contributed by atoms with Crippen molar-refractivity contribution in [3.8, 4) is 11.5 Å². The molecule has 10 nitrogen and oxygen atoms in total. The van der Waals surface area contributed by atoms with E-state index in [-0.39, 0.29) is 30.0 Å². The number of phenolic OH excluding ortho intramolecular Hbond substituents is 1. The van der Waals surface area contributed by atoms with Crippen LogP contribution in [0.5, 0.6) is 11.5 Å². The Kier molecular flexibility index (Phi) is 5.29. The SMILES string of the molecule is O=NC[C@H]1O[C@@H](Oc2cc3oc(=O)c4c(c3cc2O)CCCC4)C[C@@H](O)[C@H]1N=O. The highest BCUT2D eigenvalue weighted by atomic mass is 16.7. The number of hydrogen-bond donors (Lipinski definition) is 2. The maximum atomic E-state index is 12.3. The first-order valence-corrected chi connectivity index (χ1v) is 9.45. The molecule has 4 rings (SSSR count). The van der Waals surface area contributed by atoms with Gasteiger partial charge in [-0.15, -0.1) is 0 Å². The number of ether oxygens (including phenoxy) is 2. The number of aromatic hydroxyl groups is 1. The molecule has 10 heteroatoms. The molecule has 0 bridgehead atoms. The van der Waals surface area contributed by atoms with Crippen molar-refractivity contribution in [3.05, 3.63) is 43.5 Å². The van der Waals surface area contributed by atoms with Gasteiger partial charge in [0.2, 0.25) is 6.29 Å². The van der Waals surface area contributed by atoms with Crippen molar-refractivity contribution in [2.75, 3.05) is 6.54 Å². The summed E-state index contributed by atoms with van der Waals surface area (Å²) >= 11 is 0. The van der Waals surface area contributed by atoms with Gasteiger partial charge in [-0.3, -0.25) is 0 Å². The van der Waals surface area contributed by atoms with E-state index in [0.717, 1.165) is 24.8 Å². The summed E-state index contributed by atoms with van der Waals surface area (Å²) in [6.45, 7) is -0.377. The van der Waals surface area contributed by atoms with E-state index >= 15 is 0 Å². The number of aliphatic hydroxyl groups is 1. The normalized spacial score (nSPS) is 26.7. The van der Waals surface area contributed by atoms with Crippen molar-refractivity contribution >= 4 is 11.0 Å². The summed E-state index contributed by atoms with van der Waals surface area (Å²) < 4.78 is 16.6. The molecule has 1 aliphatic heterocycles. The number of aryl methyl sites for hydroxylation is 1. The molecule has 1 saturated heterocycles. The molecule has 0 unspecified atom stereocenters. The quantitative estimate of drug-likeness (QED) is 0.569. The minimum atomic E-state index is -1.19. The van der Waals surface area contributed by atoms with Crippen molar-refractivity contribution < 1.29 is 24.1 Å². The van der Waals surface area contributed by atoms with Crippen LogP contribution in [0.4, 0.5) is 0 Å². The van der Waals surface area contributed by atoms with Gasteiger partial charge in [-0.05, 0) is 37.3 Å². The number of nitrogens with zero attached hydrogens (tertiary/aromatic N) is 2. The largest absolute Gasteiger partial charge is 0.504 e. The molecule has 0 amide bonds. The number of phenols is 1. The van der Waals surface area contributed by atoms with Crippen LogP contribution < -0.4 is 10.4 Å². The summed E-state index contributed by atoms with van der Waals surface area (Å²) in [4.78, 5) is 33.8. The van der Waals surface area contributed by atoms with Gasteiger partial charge >= 0.3 is 5.63 Å². The molecule has 0 spiro atoms. The van der Waals surface area contributed by atoms with Gasteiger partial charge in [0.05, 0.1) is 6.10 Å². The van der Waals surface area contributed by atoms with E-state index in [2.05, 4.69) is 10.4 Å². The Morgan fingerprint density at radius 2 is 1.93 bits per heavy atom. The third kappa shape index (κ3) is 3.60. The second-order valence-electron chi connectivity index (χ2n) is 7.30. The fourth-order valence-electron chi connectivity index (χ4n) is 4.05. The molecule has 154 valence electrons. The Labute approximate surface area is 164 Å². The molecule has 2 aromatic rings. The van der Waals surface area contributed by atoms with Crippen LogP contribution in [0.15, 0.2) is 31.7 Å². The summed E-state index contributed by atoms with van der Waals surface area (Å²) in [6.07, 6.45) is -0.119. The van der Waals surface area contributed by atoms with E-state index in [1.807, 2.05) is 0 Å². The Morgan fingerprint density at radius 1 is 1.17 bits per heavy atom. The molecule has 0 saturated carbocycles. The van der Waals surface area contributed by atoms with Gasteiger partial charge in [0, 0.05) is 23.4 Å². The Balaban J connectivity index is 1.64. The van der Waals surface area contributed by atoms with Gasteiger partial charge in [0.25, 0.3) is 0 Å². The minimum absolute atomic E-state index is 0.0102. The van der Waals surface area contributed by atoms with Crippen molar-refractivity contribution in [2.45, 2.75) is 56.6 Å². The molecule has 2 aliphatic rings. The van der Waals surface area contributed by atoms with Gasteiger partial charge in [-0.1, -0.05) is 10.4 Å². The van der Waals surface area contributed by atoms with Crippen LogP contribution in [0.3, 0.4) is 0 Å². The van der Waals surface area contributed by atoms with Gasteiger partial charge in [0.15, 0.2) is 11.5 Å². The predicted octanol–water partition coefficient (Wildman–Crippen LogP) is 2.13.